The second kappa shape index (κ2) is 9.04. The van der Waals surface area contributed by atoms with Gasteiger partial charge in [0.1, 0.15) is 11.5 Å². The van der Waals surface area contributed by atoms with Crippen molar-refractivity contribution in [3.05, 3.63) is 95.8 Å². The number of benzene rings is 2. The number of carbonyl (C=O) groups excluding carboxylic acids is 1. The zero-order valence-electron chi connectivity index (χ0n) is 18.9. The zero-order valence-corrected chi connectivity index (χ0v) is 19.7. The van der Waals surface area contributed by atoms with Crippen LogP contribution in [0.4, 0.5) is 4.79 Å². The first-order valence-corrected chi connectivity index (χ1v) is 12.1. The van der Waals surface area contributed by atoms with Crippen LogP contribution in [0, 0.1) is 5.92 Å². The van der Waals surface area contributed by atoms with E-state index >= 15 is 0 Å². The van der Waals surface area contributed by atoms with Gasteiger partial charge in [-0.05, 0) is 24.3 Å². The molecule has 1 amide bonds. The monoisotopic (exact) mass is 450 g/mol. The average molecular weight is 451 g/mol. The summed E-state index contributed by atoms with van der Waals surface area (Å²) in [5.41, 5.74) is 1.63. The molecule has 4 rings (SSSR count). The Kier molecular flexibility index (Phi) is 6.35. The first-order valence-electron chi connectivity index (χ1n) is 10.9. The van der Waals surface area contributed by atoms with Gasteiger partial charge in [-0.2, -0.15) is 0 Å². The molecule has 1 aromatic heterocycles. The van der Waals surface area contributed by atoms with E-state index in [1.54, 1.807) is 4.90 Å². The maximum atomic E-state index is 13.6. The molecule has 1 saturated heterocycles. The SMILES string of the molecule is CS[C@@H]([C@@H](O)c1cccn1C)N1C(=O)OC(c2ccccc2)(c2ccccc2)[C@@H]1C(C)C. The molecule has 2 heterocycles. The van der Waals surface area contributed by atoms with Crippen molar-refractivity contribution in [3.63, 3.8) is 0 Å². The molecule has 3 aromatic rings. The number of aryl methyl sites for hydroxylation is 1. The third-order valence-electron chi connectivity index (χ3n) is 6.28. The summed E-state index contributed by atoms with van der Waals surface area (Å²) in [5.74, 6) is 0.0668. The number of carbonyl (C=O) groups is 1. The van der Waals surface area contributed by atoms with Crippen LogP contribution in [0.1, 0.15) is 36.8 Å². The lowest BCUT2D eigenvalue weighted by Crippen LogP contribution is -2.52. The van der Waals surface area contributed by atoms with Crippen molar-refractivity contribution in [2.75, 3.05) is 6.26 Å². The molecule has 1 fully saturated rings. The number of hydrogen-bond donors (Lipinski definition) is 1. The van der Waals surface area contributed by atoms with Gasteiger partial charge in [0.2, 0.25) is 0 Å². The first kappa shape index (κ1) is 22.5. The summed E-state index contributed by atoms with van der Waals surface area (Å²) in [6.45, 7) is 4.21. The van der Waals surface area contributed by atoms with Crippen molar-refractivity contribution in [2.45, 2.75) is 37.0 Å². The van der Waals surface area contributed by atoms with E-state index in [-0.39, 0.29) is 12.0 Å². The van der Waals surface area contributed by atoms with Crippen LogP contribution >= 0.6 is 11.8 Å². The second-order valence-corrected chi connectivity index (χ2v) is 9.50. The Balaban J connectivity index is 1.88. The van der Waals surface area contributed by atoms with Crippen molar-refractivity contribution in [2.24, 2.45) is 13.0 Å². The number of rotatable bonds is 7. The first-order chi connectivity index (χ1) is 15.4. The highest BCUT2D eigenvalue weighted by molar-refractivity contribution is 7.99. The van der Waals surface area contributed by atoms with Crippen LogP contribution in [0.3, 0.4) is 0 Å². The van der Waals surface area contributed by atoms with Crippen molar-refractivity contribution in [1.29, 1.82) is 0 Å². The Morgan fingerprint density at radius 2 is 1.53 bits per heavy atom. The van der Waals surface area contributed by atoms with Gasteiger partial charge in [-0.25, -0.2) is 4.79 Å². The van der Waals surface area contributed by atoms with Crippen LogP contribution < -0.4 is 0 Å². The molecule has 5 nitrogen and oxygen atoms in total. The molecule has 1 N–H and O–H groups in total. The third kappa shape index (κ3) is 3.61. The number of amides is 1. The van der Waals surface area contributed by atoms with E-state index in [1.165, 1.54) is 11.8 Å². The highest BCUT2D eigenvalue weighted by Gasteiger charge is 2.59. The van der Waals surface area contributed by atoms with Gasteiger partial charge in [-0.3, -0.25) is 4.90 Å². The Bertz CT molecular complexity index is 1010. The molecule has 6 heteroatoms. The lowest BCUT2D eigenvalue weighted by molar-refractivity contribution is 0.0471. The van der Waals surface area contributed by atoms with E-state index in [1.807, 2.05) is 96.9 Å². The number of nitrogens with zero attached hydrogens (tertiary/aromatic N) is 2. The van der Waals surface area contributed by atoms with E-state index in [2.05, 4.69) is 13.8 Å². The summed E-state index contributed by atoms with van der Waals surface area (Å²) in [6.07, 6.45) is 2.55. The molecule has 0 aliphatic carbocycles. The van der Waals surface area contributed by atoms with E-state index in [4.69, 9.17) is 4.74 Å². The molecule has 0 unspecified atom stereocenters. The predicted octanol–water partition coefficient (Wildman–Crippen LogP) is 5.17. The molecule has 0 radical (unpaired) electrons. The number of hydrogen-bond acceptors (Lipinski definition) is 4. The van der Waals surface area contributed by atoms with Crippen LogP contribution in [0.25, 0.3) is 0 Å². The summed E-state index contributed by atoms with van der Waals surface area (Å²) >= 11 is 1.46. The summed E-state index contributed by atoms with van der Waals surface area (Å²) in [6, 6.07) is 23.3. The molecule has 168 valence electrons. The molecule has 1 aliphatic heterocycles. The highest BCUT2D eigenvalue weighted by Crippen LogP contribution is 2.50. The predicted molar refractivity (Wildman–Crippen MR) is 128 cm³/mol. The minimum atomic E-state index is -0.977. The van der Waals surface area contributed by atoms with E-state index in [0.29, 0.717) is 0 Å². The zero-order chi connectivity index (χ0) is 22.9. The number of ether oxygens (including phenoxy) is 1. The molecule has 32 heavy (non-hydrogen) atoms. The topological polar surface area (TPSA) is 54.7 Å². The molecule has 2 aromatic carbocycles. The molecule has 3 atom stereocenters. The minimum absolute atomic E-state index is 0.0668. The summed E-state index contributed by atoms with van der Waals surface area (Å²) in [7, 11) is 1.90. The Hall–Kier alpha value is -2.70. The van der Waals surface area contributed by atoms with Crippen LogP contribution in [0.15, 0.2) is 79.0 Å². The average Bonchev–Trinajstić information content (AvgIpc) is 3.37. The van der Waals surface area contributed by atoms with Crippen LogP contribution in [0.2, 0.25) is 0 Å². The van der Waals surface area contributed by atoms with E-state index in [0.717, 1.165) is 16.8 Å². The number of cyclic esters (lactones) is 1. The van der Waals surface area contributed by atoms with Gasteiger partial charge in [-0.1, -0.05) is 74.5 Å². The maximum Gasteiger partial charge on any atom is 0.412 e. The van der Waals surface area contributed by atoms with Gasteiger partial charge in [-0.15, -0.1) is 11.8 Å². The molecular formula is C26H30N2O3S. The van der Waals surface area contributed by atoms with Crippen molar-refractivity contribution in [1.82, 2.24) is 9.47 Å². The Morgan fingerprint density at radius 3 is 1.97 bits per heavy atom. The molecule has 0 spiro atoms. The fraction of sp³-hybridized carbons (Fsp3) is 0.346. The number of thioether (sulfide) groups is 1. The van der Waals surface area contributed by atoms with Gasteiger partial charge in [0.25, 0.3) is 0 Å². The number of aliphatic hydroxyl groups excluding tert-OH is 1. The summed E-state index contributed by atoms with van der Waals surface area (Å²) in [4.78, 5) is 15.3. The van der Waals surface area contributed by atoms with Crippen molar-refractivity contribution >= 4 is 17.9 Å². The van der Waals surface area contributed by atoms with Gasteiger partial charge in [0.15, 0.2) is 5.60 Å². The second-order valence-electron chi connectivity index (χ2n) is 8.55. The standard InChI is InChI=1S/C26H30N2O3S/c1-18(2)23-26(19-12-7-5-8-13-19,20-14-9-6-10-15-20)31-25(30)28(23)24(32-4)22(29)21-16-11-17-27(21)3/h5-18,22-24,29H,1-4H3/t22-,23-,24-/m0/s1. The smallest absolute Gasteiger partial charge is 0.412 e. The molecular weight excluding hydrogens is 420 g/mol. The minimum Gasteiger partial charge on any atom is -0.431 e. The molecule has 0 saturated carbocycles. The van der Waals surface area contributed by atoms with Gasteiger partial charge in [0.05, 0.1) is 6.04 Å². The third-order valence-corrected chi connectivity index (χ3v) is 7.25. The van der Waals surface area contributed by atoms with Crippen molar-refractivity contribution in [3.8, 4) is 0 Å². The van der Waals surface area contributed by atoms with Crippen LogP contribution in [-0.2, 0) is 17.4 Å². The Morgan fingerprint density at radius 1 is 0.969 bits per heavy atom. The van der Waals surface area contributed by atoms with Crippen LogP contribution in [-0.4, -0.2) is 38.3 Å². The molecule has 0 bridgehead atoms. The van der Waals surface area contributed by atoms with E-state index in [9.17, 15) is 9.90 Å². The highest BCUT2D eigenvalue weighted by atomic mass is 32.2. The Labute approximate surface area is 194 Å². The van der Waals surface area contributed by atoms with Gasteiger partial charge < -0.3 is 14.4 Å². The van der Waals surface area contributed by atoms with E-state index < -0.39 is 23.2 Å². The van der Waals surface area contributed by atoms with Crippen molar-refractivity contribution < 1.29 is 14.6 Å². The van der Waals surface area contributed by atoms with Gasteiger partial charge in [0, 0.05) is 30.1 Å². The van der Waals surface area contributed by atoms with Gasteiger partial charge >= 0.3 is 6.09 Å². The summed E-state index contributed by atoms with van der Waals surface area (Å²) < 4.78 is 8.23. The maximum absolute atomic E-state index is 13.6. The summed E-state index contributed by atoms with van der Waals surface area (Å²) in [5, 5.41) is 10.8. The van der Waals surface area contributed by atoms with Crippen LogP contribution in [0.5, 0.6) is 0 Å². The largest absolute Gasteiger partial charge is 0.431 e. The quantitative estimate of drug-likeness (QED) is 0.540. The number of aliphatic hydroxyl groups is 1. The fourth-order valence-electron chi connectivity index (χ4n) is 4.93. The normalized spacial score (nSPS) is 19.8. The molecule has 1 aliphatic rings. The lowest BCUT2D eigenvalue weighted by atomic mass is 9.75. The lowest BCUT2D eigenvalue weighted by Gasteiger charge is -2.41. The number of aromatic nitrogens is 1. The fourth-order valence-corrected chi connectivity index (χ4v) is 5.77.